The molecule has 1 aliphatic carbocycles. The lowest BCUT2D eigenvalue weighted by atomic mass is 9.78. The van der Waals surface area contributed by atoms with Crippen LogP contribution in [0.4, 0.5) is 0 Å². The Balaban J connectivity index is 1.64. The van der Waals surface area contributed by atoms with Crippen LogP contribution >= 0.6 is 22.9 Å². The summed E-state index contributed by atoms with van der Waals surface area (Å²) in [6.07, 6.45) is 2.80. The molecular weight excluding hydrogens is 400 g/mol. The highest BCUT2D eigenvalue weighted by Gasteiger charge is 2.39. The summed E-state index contributed by atoms with van der Waals surface area (Å²) in [6, 6.07) is 3.04. The van der Waals surface area contributed by atoms with Crippen molar-refractivity contribution >= 4 is 44.8 Å². The number of rotatable bonds is 4. The van der Waals surface area contributed by atoms with Crippen LogP contribution in [0.1, 0.15) is 25.7 Å². The molecule has 1 saturated carbocycles. The minimum atomic E-state index is -3.60. The zero-order valence-electron chi connectivity index (χ0n) is 14.1. The Morgan fingerprint density at radius 2 is 1.69 bits per heavy atom. The van der Waals surface area contributed by atoms with Crippen molar-refractivity contribution in [1.29, 1.82) is 0 Å². The quantitative estimate of drug-likeness (QED) is 0.805. The topological polar surface area (TPSA) is 95.0 Å². The van der Waals surface area contributed by atoms with Gasteiger partial charge in [-0.2, -0.15) is 4.31 Å². The minimum Gasteiger partial charge on any atom is -0.481 e. The van der Waals surface area contributed by atoms with Crippen LogP contribution in [0.2, 0.25) is 4.34 Å². The van der Waals surface area contributed by atoms with Gasteiger partial charge in [0.25, 0.3) is 10.0 Å². The normalized spacial score (nSPS) is 25.2. The van der Waals surface area contributed by atoms with Crippen LogP contribution in [0, 0.1) is 11.8 Å². The second-order valence-corrected chi connectivity index (χ2v) is 10.5. The summed E-state index contributed by atoms with van der Waals surface area (Å²) >= 11 is 6.84. The smallest absolute Gasteiger partial charge is 0.307 e. The molecular formula is C16H21ClN2O5S2. The van der Waals surface area contributed by atoms with E-state index in [0.29, 0.717) is 17.2 Å². The number of hydrogen-bond donors (Lipinski definition) is 1. The van der Waals surface area contributed by atoms with Crippen molar-refractivity contribution in [2.24, 2.45) is 11.8 Å². The summed E-state index contributed by atoms with van der Waals surface area (Å²) in [5, 5.41) is 9.36. The van der Waals surface area contributed by atoms with E-state index in [2.05, 4.69) is 0 Å². The molecule has 0 bridgehead atoms. The number of carbonyl (C=O) groups is 2. The molecule has 1 aliphatic heterocycles. The number of halogens is 1. The molecule has 3 rings (SSSR count). The predicted octanol–water partition coefficient (Wildman–Crippen LogP) is 2.13. The first-order valence-corrected chi connectivity index (χ1v) is 11.2. The summed E-state index contributed by atoms with van der Waals surface area (Å²) < 4.78 is 27.2. The van der Waals surface area contributed by atoms with E-state index in [9.17, 15) is 23.1 Å². The molecule has 26 heavy (non-hydrogen) atoms. The van der Waals surface area contributed by atoms with Gasteiger partial charge in [0.1, 0.15) is 4.21 Å². The minimum absolute atomic E-state index is 0.159. The van der Waals surface area contributed by atoms with Crippen LogP contribution in [-0.2, 0) is 19.6 Å². The molecule has 0 radical (unpaired) electrons. The molecule has 2 fully saturated rings. The highest BCUT2D eigenvalue weighted by molar-refractivity contribution is 7.91. The summed E-state index contributed by atoms with van der Waals surface area (Å²) in [4.78, 5) is 25.8. The Kier molecular flexibility index (Phi) is 5.91. The second kappa shape index (κ2) is 7.84. The molecule has 144 valence electrons. The Morgan fingerprint density at radius 1 is 1.08 bits per heavy atom. The highest BCUT2D eigenvalue weighted by atomic mass is 35.5. The van der Waals surface area contributed by atoms with Crippen LogP contribution in [0.15, 0.2) is 16.3 Å². The van der Waals surface area contributed by atoms with Crippen molar-refractivity contribution < 1.29 is 23.1 Å². The van der Waals surface area contributed by atoms with E-state index >= 15 is 0 Å². The number of carboxylic acid groups (broad SMARTS) is 1. The summed E-state index contributed by atoms with van der Waals surface area (Å²) in [6.45, 7) is 0.960. The molecule has 0 aromatic carbocycles. The van der Waals surface area contributed by atoms with E-state index in [1.54, 1.807) is 11.0 Å². The number of carboxylic acids is 1. The van der Waals surface area contributed by atoms with Gasteiger partial charge in [-0.05, 0) is 25.0 Å². The number of thiophene rings is 1. The summed E-state index contributed by atoms with van der Waals surface area (Å²) in [7, 11) is -3.60. The molecule has 2 aliphatic rings. The Bertz CT molecular complexity index is 786. The van der Waals surface area contributed by atoms with E-state index in [4.69, 9.17) is 11.6 Å². The number of piperazine rings is 1. The standard InChI is InChI=1S/C16H21ClN2O5S2/c17-13-5-6-14(25-13)26(23,24)19-9-7-18(8-10-19)15(20)11-3-1-2-4-12(11)16(21)22/h5-6,11-12H,1-4,7-10H2,(H,21,22)/t11-,12-/m1/s1. The van der Waals surface area contributed by atoms with Crippen molar-refractivity contribution in [3.8, 4) is 0 Å². The van der Waals surface area contributed by atoms with E-state index in [0.717, 1.165) is 24.2 Å². The number of hydrogen-bond acceptors (Lipinski definition) is 5. The Labute approximate surface area is 161 Å². The average molecular weight is 421 g/mol. The lowest BCUT2D eigenvalue weighted by Gasteiger charge is -2.37. The molecule has 1 aromatic heterocycles. The third kappa shape index (κ3) is 3.90. The second-order valence-electron chi connectivity index (χ2n) is 6.62. The van der Waals surface area contributed by atoms with Crippen molar-refractivity contribution in [3.05, 3.63) is 16.5 Å². The van der Waals surface area contributed by atoms with E-state index in [1.807, 2.05) is 0 Å². The largest absolute Gasteiger partial charge is 0.481 e. The zero-order valence-corrected chi connectivity index (χ0v) is 16.5. The van der Waals surface area contributed by atoms with Crippen LogP contribution in [-0.4, -0.2) is 60.8 Å². The van der Waals surface area contributed by atoms with Crippen molar-refractivity contribution in [1.82, 2.24) is 9.21 Å². The molecule has 1 saturated heterocycles. The third-order valence-corrected chi connectivity index (χ3v) is 8.69. The molecule has 2 heterocycles. The maximum absolute atomic E-state index is 12.8. The van der Waals surface area contributed by atoms with Crippen molar-refractivity contribution in [3.63, 3.8) is 0 Å². The van der Waals surface area contributed by atoms with E-state index in [1.165, 1.54) is 10.4 Å². The van der Waals surface area contributed by atoms with Gasteiger partial charge < -0.3 is 10.0 Å². The number of sulfonamides is 1. The van der Waals surface area contributed by atoms with E-state index < -0.39 is 27.8 Å². The fourth-order valence-electron chi connectivity index (χ4n) is 3.67. The fourth-order valence-corrected chi connectivity index (χ4v) is 6.73. The van der Waals surface area contributed by atoms with Crippen LogP contribution in [0.3, 0.4) is 0 Å². The van der Waals surface area contributed by atoms with Crippen LogP contribution in [0.25, 0.3) is 0 Å². The third-order valence-electron chi connectivity index (χ3n) is 5.09. The molecule has 1 aromatic rings. The first kappa shape index (κ1) is 19.6. The molecule has 7 nitrogen and oxygen atoms in total. The van der Waals surface area contributed by atoms with Gasteiger partial charge >= 0.3 is 5.97 Å². The number of aliphatic carboxylic acids is 1. The maximum Gasteiger partial charge on any atom is 0.307 e. The zero-order chi connectivity index (χ0) is 18.9. The monoisotopic (exact) mass is 420 g/mol. The van der Waals surface area contributed by atoms with Crippen molar-refractivity contribution in [2.45, 2.75) is 29.9 Å². The average Bonchev–Trinajstić information content (AvgIpc) is 3.08. The van der Waals surface area contributed by atoms with Gasteiger partial charge in [0.05, 0.1) is 16.2 Å². The highest BCUT2D eigenvalue weighted by Crippen LogP contribution is 2.33. The van der Waals surface area contributed by atoms with Gasteiger partial charge in [-0.15, -0.1) is 11.3 Å². The van der Waals surface area contributed by atoms with Gasteiger partial charge in [0.15, 0.2) is 0 Å². The molecule has 2 atom stereocenters. The predicted molar refractivity (Wildman–Crippen MR) is 97.8 cm³/mol. The van der Waals surface area contributed by atoms with Gasteiger partial charge in [-0.3, -0.25) is 9.59 Å². The number of amides is 1. The fraction of sp³-hybridized carbons (Fsp3) is 0.625. The lowest BCUT2D eigenvalue weighted by Crippen LogP contribution is -2.53. The van der Waals surface area contributed by atoms with Gasteiger partial charge in [-0.1, -0.05) is 24.4 Å². The van der Waals surface area contributed by atoms with Gasteiger partial charge in [0, 0.05) is 26.2 Å². The molecule has 0 unspecified atom stereocenters. The first-order valence-electron chi connectivity index (χ1n) is 8.58. The lowest BCUT2D eigenvalue weighted by molar-refractivity contribution is -0.152. The van der Waals surface area contributed by atoms with Crippen LogP contribution in [0.5, 0.6) is 0 Å². The summed E-state index contributed by atoms with van der Waals surface area (Å²) in [5.74, 6) is -2.21. The van der Waals surface area contributed by atoms with E-state index in [-0.39, 0.29) is 36.3 Å². The molecule has 10 heteroatoms. The van der Waals surface area contributed by atoms with Gasteiger partial charge in [0.2, 0.25) is 5.91 Å². The number of carbonyl (C=O) groups excluding carboxylic acids is 1. The first-order chi connectivity index (χ1) is 12.3. The Morgan fingerprint density at radius 3 is 2.23 bits per heavy atom. The maximum atomic E-state index is 12.8. The molecule has 0 spiro atoms. The van der Waals surface area contributed by atoms with Gasteiger partial charge in [-0.25, -0.2) is 8.42 Å². The SMILES string of the molecule is O=C(O)[C@@H]1CCCC[C@H]1C(=O)N1CCN(S(=O)(=O)c2ccc(Cl)s2)CC1. The number of nitrogens with zero attached hydrogens (tertiary/aromatic N) is 2. The van der Waals surface area contributed by atoms with Crippen LogP contribution < -0.4 is 0 Å². The summed E-state index contributed by atoms with van der Waals surface area (Å²) in [5.41, 5.74) is 0. The Hall–Kier alpha value is -1.16. The molecule has 1 N–H and O–H groups in total. The molecule has 1 amide bonds. The van der Waals surface area contributed by atoms with Crippen molar-refractivity contribution in [2.75, 3.05) is 26.2 Å².